The molecule has 1 aliphatic heterocycles. The van der Waals surface area contributed by atoms with E-state index in [1.54, 1.807) is 6.07 Å². The lowest BCUT2D eigenvalue weighted by atomic mass is 10.2. The first-order valence-corrected chi connectivity index (χ1v) is 5.86. The highest BCUT2D eigenvalue weighted by Gasteiger charge is 2.25. The second-order valence-electron chi connectivity index (χ2n) is 4.18. The predicted molar refractivity (Wildman–Crippen MR) is 65.6 cm³/mol. The molecule has 0 saturated carbocycles. The van der Waals surface area contributed by atoms with E-state index in [0.29, 0.717) is 5.82 Å². The molecule has 0 aromatic carbocycles. The van der Waals surface area contributed by atoms with E-state index in [2.05, 4.69) is 15.3 Å². The van der Waals surface area contributed by atoms with E-state index in [9.17, 15) is 9.90 Å². The third kappa shape index (κ3) is 2.86. The van der Waals surface area contributed by atoms with Gasteiger partial charge in [0.05, 0.1) is 12.6 Å². The van der Waals surface area contributed by atoms with Crippen LogP contribution in [0.15, 0.2) is 12.4 Å². The number of aliphatic hydroxyl groups is 1. The van der Waals surface area contributed by atoms with Crippen molar-refractivity contribution in [2.45, 2.75) is 18.9 Å². The number of aromatic nitrogens is 2. The Kier molecular flexibility index (Phi) is 3.93. The van der Waals surface area contributed by atoms with Gasteiger partial charge in [-0.15, -0.1) is 0 Å². The first kappa shape index (κ1) is 12.6. The molecule has 1 aromatic rings. The van der Waals surface area contributed by atoms with Crippen LogP contribution in [0.2, 0.25) is 0 Å². The molecule has 18 heavy (non-hydrogen) atoms. The van der Waals surface area contributed by atoms with Gasteiger partial charge in [0.1, 0.15) is 24.5 Å². The SMILES string of the molecule is O=C(O)CNc1cc(N2CCCC2CO)ncn1. The highest BCUT2D eigenvalue weighted by Crippen LogP contribution is 2.24. The number of carbonyl (C=O) groups is 1. The van der Waals surface area contributed by atoms with E-state index >= 15 is 0 Å². The number of aliphatic hydroxyl groups excluding tert-OH is 1. The van der Waals surface area contributed by atoms with Crippen LogP contribution >= 0.6 is 0 Å². The van der Waals surface area contributed by atoms with Crippen molar-refractivity contribution in [1.82, 2.24) is 9.97 Å². The van der Waals surface area contributed by atoms with Crippen molar-refractivity contribution in [1.29, 1.82) is 0 Å². The molecule has 1 atom stereocenters. The molecule has 3 N–H and O–H groups in total. The zero-order chi connectivity index (χ0) is 13.0. The number of carboxylic acid groups (broad SMARTS) is 1. The second kappa shape index (κ2) is 5.63. The van der Waals surface area contributed by atoms with Crippen molar-refractivity contribution in [2.24, 2.45) is 0 Å². The van der Waals surface area contributed by atoms with E-state index in [1.165, 1.54) is 6.33 Å². The molecule has 1 unspecified atom stereocenters. The summed E-state index contributed by atoms with van der Waals surface area (Å²) < 4.78 is 0. The molecule has 0 bridgehead atoms. The number of nitrogens with zero attached hydrogens (tertiary/aromatic N) is 3. The van der Waals surface area contributed by atoms with Crippen molar-refractivity contribution in [3.05, 3.63) is 12.4 Å². The van der Waals surface area contributed by atoms with Gasteiger partial charge in [-0.3, -0.25) is 4.79 Å². The minimum absolute atomic E-state index is 0.0900. The van der Waals surface area contributed by atoms with Crippen LogP contribution in [0, 0.1) is 0 Å². The first-order chi connectivity index (χ1) is 8.70. The van der Waals surface area contributed by atoms with Crippen LogP contribution in [0.1, 0.15) is 12.8 Å². The van der Waals surface area contributed by atoms with Crippen LogP contribution in [0.5, 0.6) is 0 Å². The van der Waals surface area contributed by atoms with Gasteiger partial charge < -0.3 is 20.4 Å². The zero-order valence-electron chi connectivity index (χ0n) is 9.91. The van der Waals surface area contributed by atoms with Gasteiger partial charge in [-0.2, -0.15) is 0 Å². The van der Waals surface area contributed by atoms with E-state index < -0.39 is 5.97 Å². The summed E-state index contributed by atoms with van der Waals surface area (Å²) in [4.78, 5) is 20.6. The molecule has 1 aromatic heterocycles. The Hall–Kier alpha value is -1.89. The maximum absolute atomic E-state index is 10.5. The molecule has 1 saturated heterocycles. The van der Waals surface area contributed by atoms with Gasteiger partial charge >= 0.3 is 5.97 Å². The van der Waals surface area contributed by atoms with Crippen molar-refractivity contribution in [2.75, 3.05) is 29.9 Å². The smallest absolute Gasteiger partial charge is 0.322 e. The average molecular weight is 252 g/mol. The molecule has 2 heterocycles. The number of hydrogen-bond donors (Lipinski definition) is 3. The number of anilines is 2. The van der Waals surface area contributed by atoms with Gasteiger partial charge in [-0.25, -0.2) is 9.97 Å². The van der Waals surface area contributed by atoms with Crippen molar-refractivity contribution in [3.8, 4) is 0 Å². The molecule has 1 fully saturated rings. The third-order valence-electron chi connectivity index (χ3n) is 2.96. The summed E-state index contributed by atoms with van der Waals surface area (Å²) in [5.74, 6) is 0.255. The Morgan fingerprint density at radius 3 is 3.11 bits per heavy atom. The van der Waals surface area contributed by atoms with Crippen LogP contribution in [0.25, 0.3) is 0 Å². The van der Waals surface area contributed by atoms with Gasteiger partial charge in [0, 0.05) is 12.6 Å². The Balaban J connectivity index is 2.09. The highest BCUT2D eigenvalue weighted by atomic mass is 16.4. The molecule has 1 aliphatic rings. The lowest BCUT2D eigenvalue weighted by Gasteiger charge is -2.24. The molecule has 0 radical (unpaired) electrons. The zero-order valence-corrected chi connectivity index (χ0v) is 9.91. The molecular weight excluding hydrogens is 236 g/mol. The predicted octanol–water partition coefficient (Wildman–Crippen LogP) is -0.0658. The molecule has 98 valence electrons. The minimum Gasteiger partial charge on any atom is -0.480 e. The first-order valence-electron chi connectivity index (χ1n) is 5.86. The topological polar surface area (TPSA) is 98.6 Å². The van der Waals surface area contributed by atoms with Gasteiger partial charge in [0.25, 0.3) is 0 Å². The van der Waals surface area contributed by atoms with Gasteiger partial charge in [0.15, 0.2) is 0 Å². The largest absolute Gasteiger partial charge is 0.480 e. The van der Waals surface area contributed by atoms with Crippen LogP contribution < -0.4 is 10.2 Å². The lowest BCUT2D eigenvalue weighted by Crippen LogP contribution is -2.32. The average Bonchev–Trinajstić information content (AvgIpc) is 2.85. The molecule has 7 nitrogen and oxygen atoms in total. The van der Waals surface area contributed by atoms with E-state index in [4.69, 9.17) is 5.11 Å². The Bertz CT molecular complexity index is 427. The van der Waals surface area contributed by atoms with Crippen molar-refractivity contribution in [3.63, 3.8) is 0 Å². The summed E-state index contributed by atoms with van der Waals surface area (Å²) in [7, 11) is 0. The molecule has 0 aliphatic carbocycles. The van der Waals surface area contributed by atoms with Crippen LogP contribution in [0.4, 0.5) is 11.6 Å². The summed E-state index contributed by atoms with van der Waals surface area (Å²) in [6.07, 6.45) is 3.36. The van der Waals surface area contributed by atoms with E-state index in [1.807, 2.05) is 4.90 Å². The summed E-state index contributed by atoms with van der Waals surface area (Å²) in [6, 6.07) is 1.80. The molecule has 2 rings (SSSR count). The van der Waals surface area contributed by atoms with Crippen LogP contribution in [-0.4, -0.2) is 51.9 Å². The van der Waals surface area contributed by atoms with Gasteiger partial charge in [0.2, 0.25) is 0 Å². The standard InChI is InChI=1S/C11H16N4O3/c16-6-8-2-1-3-15(8)10-4-9(13-7-14-10)12-5-11(17)18/h4,7-8,16H,1-3,5-6H2,(H,17,18)(H,12,13,14). The fourth-order valence-corrected chi connectivity index (χ4v) is 2.09. The number of carboxylic acids is 1. The fourth-order valence-electron chi connectivity index (χ4n) is 2.09. The lowest BCUT2D eigenvalue weighted by molar-refractivity contribution is -0.134. The molecule has 7 heteroatoms. The molecule has 0 amide bonds. The van der Waals surface area contributed by atoms with Crippen molar-refractivity contribution >= 4 is 17.6 Å². The van der Waals surface area contributed by atoms with Crippen LogP contribution in [-0.2, 0) is 4.79 Å². The summed E-state index contributed by atoms with van der Waals surface area (Å²) in [5, 5.41) is 20.6. The summed E-state index contributed by atoms with van der Waals surface area (Å²) in [6.45, 7) is 0.766. The third-order valence-corrected chi connectivity index (χ3v) is 2.96. The summed E-state index contributed by atoms with van der Waals surface area (Å²) >= 11 is 0. The second-order valence-corrected chi connectivity index (χ2v) is 4.18. The fraction of sp³-hybridized carbons (Fsp3) is 0.545. The number of nitrogens with one attached hydrogen (secondary N) is 1. The number of aliphatic carboxylic acids is 1. The normalized spacial score (nSPS) is 18.9. The monoisotopic (exact) mass is 252 g/mol. The summed E-state index contributed by atoms with van der Waals surface area (Å²) in [5.41, 5.74) is 0. The quantitative estimate of drug-likeness (QED) is 0.674. The number of rotatable bonds is 5. The maximum atomic E-state index is 10.5. The molecule has 0 spiro atoms. The Morgan fingerprint density at radius 2 is 2.39 bits per heavy atom. The van der Waals surface area contributed by atoms with E-state index in [0.717, 1.165) is 25.2 Å². The van der Waals surface area contributed by atoms with Gasteiger partial charge in [-0.05, 0) is 12.8 Å². The maximum Gasteiger partial charge on any atom is 0.322 e. The number of hydrogen-bond acceptors (Lipinski definition) is 6. The minimum atomic E-state index is -0.940. The van der Waals surface area contributed by atoms with E-state index in [-0.39, 0.29) is 19.2 Å². The van der Waals surface area contributed by atoms with Gasteiger partial charge in [-0.1, -0.05) is 0 Å². The highest BCUT2D eigenvalue weighted by molar-refractivity contribution is 5.72. The van der Waals surface area contributed by atoms with Crippen molar-refractivity contribution < 1.29 is 15.0 Å². The Morgan fingerprint density at radius 1 is 1.56 bits per heavy atom. The molecular formula is C11H16N4O3. The Labute approximate surface area is 104 Å². The van der Waals surface area contributed by atoms with Crippen LogP contribution in [0.3, 0.4) is 0 Å².